The van der Waals surface area contributed by atoms with Crippen molar-refractivity contribution in [2.45, 2.75) is 96.8 Å². The third-order valence-electron chi connectivity index (χ3n) is 3.56. The molecule has 118 valence electrons. The molecule has 1 unspecified atom stereocenters. The molecule has 0 aliphatic rings. The molecule has 0 aliphatic carbocycles. The minimum atomic E-state index is -1.94. The maximum atomic E-state index is 10.3. The Balaban J connectivity index is 3.03. The summed E-state index contributed by atoms with van der Waals surface area (Å²) in [5.74, 6) is 2.72. The van der Waals surface area contributed by atoms with Crippen LogP contribution in [0.25, 0.3) is 0 Å². The molecule has 0 aromatic heterocycles. The van der Waals surface area contributed by atoms with Crippen molar-refractivity contribution < 1.29 is 8.76 Å². The summed E-state index contributed by atoms with van der Waals surface area (Å²) < 4.78 is 18.7. The normalized spacial score (nSPS) is 11.9. The van der Waals surface area contributed by atoms with E-state index in [0.717, 1.165) is 12.8 Å². The monoisotopic (exact) mass is 300 g/mol. The van der Waals surface area contributed by atoms with Gasteiger partial charge in [-0.25, -0.2) is 4.21 Å². The van der Waals surface area contributed by atoms with Gasteiger partial charge in [0.1, 0.15) is 0 Å². The predicted octanol–water partition coefficient (Wildman–Crippen LogP) is 5.65. The Morgan fingerprint density at radius 3 is 1.55 bits per heavy atom. The molecule has 0 amide bonds. The number of rotatable bonds is 13. The average Bonchev–Trinajstić information content (AvgIpc) is 2.43. The van der Waals surface area contributed by atoms with Gasteiger partial charge in [-0.2, -0.15) is 0 Å². The fraction of sp³-hybridized carbons (Fsp3) is 0.882. The third-order valence-corrected chi connectivity index (χ3v) is 3.88. The van der Waals surface area contributed by atoms with Crippen molar-refractivity contribution in [3.05, 3.63) is 0 Å². The van der Waals surface area contributed by atoms with Crippen molar-refractivity contribution in [3.63, 3.8) is 0 Å². The highest BCUT2D eigenvalue weighted by molar-refractivity contribution is 7.84. The van der Waals surface area contributed by atoms with E-state index < -0.39 is 11.1 Å². The van der Waals surface area contributed by atoms with Crippen molar-refractivity contribution >= 4 is 11.1 Å². The first kappa shape index (κ1) is 19.7. The van der Waals surface area contributed by atoms with Crippen LogP contribution in [0.3, 0.4) is 0 Å². The van der Waals surface area contributed by atoms with Gasteiger partial charge < -0.3 is 0 Å². The van der Waals surface area contributed by atoms with Gasteiger partial charge in [0.25, 0.3) is 0 Å². The molecular formula is C17H32O2S. The minimum Gasteiger partial charge on any atom is -0.296 e. The van der Waals surface area contributed by atoms with Gasteiger partial charge in [0.15, 0.2) is 0 Å². The van der Waals surface area contributed by atoms with Crippen LogP contribution >= 0.6 is 0 Å². The molecule has 0 radical (unpaired) electrons. The molecule has 0 rings (SSSR count). The molecule has 2 nitrogen and oxygen atoms in total. The molecule has 0 heterocycles. The molecule has 1 atom stereocenters. The average molecular weight is 301 g/mol. The lowest BCUT2D eigenvalue weighted by Gasteiger charge is -2.02. The fourth-order valence-electron chi connectivity index (χ4n) is 2.34. The van der Waals surface area contributed by atoms with Crippen LogP contribution in [-0.4, -0.2) is 8.76 Å². The Hall–Kier alpha value is -0.330. The zero-order valence-electron chi connectivity index (χ0n) is 13.2. The molecule has 0 saturated heterocycles. The molecule has 0 spiro atoms. The molecule has 0 aromatic carbocycles. The predicted molar refractivity (Wildman–Crippen MR) is 88.9 cm³/mol. The van der Waals surface area contributed by atoms with E-state index in [2.05, 4.69) is 18.1 Å². The maximum Gasteiger partial charge on any atom is 0.233 e. The summed E-state index contributed by atoms with van der Waals surface area (Å²) in [6.07, 6.45) is 18.2. The van der Waals surface area contributed by atoms with E-state index in [1.165, 1.54) is 77.0 Å². The minimum absolute atomic E-state index is 0.754. The van der Waals surface area contributed by atoms with Crippen molar-refractivity contribution in [1.29, 1.82) is 0 Å². The number of hydrogen-bond acceptors (Lipinski definition) is 1. The van der Waals surface area contributed by atoms with Crippen LogP contribution in [0.5, 0.6) is 0 Å². The SMILES string of the molecule is CCCCCCCCCCCCCCCC#CS(=O)O. The molecule has 3 heteroatoms. The first-order valence-corrected chi connectivity index (χ1v) is 9.47. The number of unbranched alkanes of at least 4 members (excludes halogenated alkanes) is 13. The van der Waals surface area contributed by atoms with E-state index in [9.17, 15) is 4.21 Å². The van der Waals surface area contributed by atoms with E-state index in [1.54, 1.807) is 0 Å². The lowest BCUT2D eigenvalue weighted by molar-refractivity contribution is 0.540. The molecule has 20 heavy (non-hydrogen) atoms. The highest BCUT2D eigenvalue weighted by Gasteiger charge is 1.93. The van der Waals surface area contributed by atoms with Crippen LogP contribution in [0.2, 0.25) is 0 Å². The van der Waals surface area contributed by atoms with Gasteiger partial charge >= 0.3 is 0 Å². The summed E-state index contributed by atoms with van der Waals surface area (Å²) in [6.45, 7) is 2.26. The van der Waals surface area contributed by atoms with Crippen LogP contribution < -0.4 is 0 Å². The van der Waals surface area contributed by atoms with Crippen LogP contribution in [0.15, 0.2) is 0 Å². The van der Waals surface area contributed by atoms with Gasteiger partial charge in [-0.15, -0.1) is 0 Å². The van der Waals surface area contributed by atoms with E-state index in [0.29, 0.717) is 0 Å². The zero-order chi connectivity index (χ0) is 14.9. The topological polar surface area (TPSA) is 37.3 Å². The largest absolute Gasteiger partial charge is 0.296 e. The van der Waals surface area contributed by atoms with Gasteiger partial charge in [-0.1, -0.05) is 89.9 Å². The highest BCUT2D eigenvalue weighted by atomic mass is 32.2. The zero-order valence-corrected chi connectivity index (χ0v) is 14.0. The highest BCUT2D eigenvalue weighted by Crippen LogP contribution is 2.12. The van der Waals surface area contributed by atoms with Crippen LogP contribution in [0.4, 0.5) is 0 Å². The van der Waals surface area contributed by atoms with Gasteiger partial charge in [-0.3, -0.25) is 4.55 Å². The molecule has 0 aliphatic heterocycles. The Bertz CT molecular complexity index is 278. The summed E-state index contributed by atoms with van der Waals surface area (Å²) in [5.41, 5.74) is 0. The van der Waals surface area contributed by atoms with Gasteiger partial charge in [0.2, 0.25) is 11.1 Å². The molecular weight excluding hydrogens is 268 g/mol. The second-order valence-corrected chi connectivity index (χ2v) is 6.22. The Labute approximate surface area is 128 Å². The van der Waals surface area contributed by atoms with Crippen molar-refractivity contribution in [1.82, 2.24) is 0 Å². The third kappa shape index (κ3) is 17.7. The lowest BCUT2D eigenvalue weighted by atomic mass is 10.0. The standard InChI is InChI=1S/C17H32O2S/c1-2-3-4-5-6-7-8-9-10-11-12-13-14-15-16-17-20(18)19/h2-15H2,1H3,(H,18,19). The Morgan fingerprint density at radius 1 is 0.750 bits per heavy atom. The first-order valence-electron chi connectivity index (χ1n) is 8.36. The van der Waals surface area contributed by atoms with Crippen LogP contribution in [0.1, 0.15) is 96.8 Å². The van der Waals surface area contributed by atoms with Crippen molar-refractivity contribution in [2.75, 3.05) is 0 Å². The lowest BCUT2D eigenvalue weighted by Crippen LogP contribution is -1.83. The van der Waals surface area contributed by atoms with Crippen molar-refractivity contribution in [3.8, 4) is 11.2 Å². The second-order valence-electron chi connectivity index (χ2n) is 5.52. The Morgan fingerprint density at radius 2 is 1.15 bits per heavy atom. The Kier molecular flexibility index (Phi) is 16.4. The smallest absolute Gasteiger partial charge is 0.233 e. The summed E-state index contributed by atoms with van der Waals surface area (Å²) in [5, 5.41) is 2.27. The van der Waals surface area contributed by atoms with Gasteiger partial charge in [0.05, 0.1) is 0 Å². The number of hydrogen-bond donors (Lipinski definition) is 1. The van der Waals surface area contributed by atoms with E-state index in [-0.39, 0.29) is 0 Å². The molecule has 0 saturated carbocycles. The summed E-state index contributed by atoms with van der Waals surface area (Å²) in [4.78, 5) is 0. The van der Waals surface area contributed by atoms with Gasteiger partial charge in [-0.05, 0) is 6.42 Å². The maximum absolute atomic E-state index is 10.3. The van der Waals surface area contributed by atoms with Crippen LogP contribution in [0, 0.1) is 11.2 Å². The molecule has 0 aromatic rings. The summed E-state index contributed by atoms with van der Waals surface area (Å²) in [7, 11) is 0. The summed E-state index contributed by atoms with van der Waals surface area (Å²) >= 11 is -1.94. The van der Waals surface area contributed by atoms with Crippen LogP contribution in [-0.2, 0) is 11.1 Å². The van der Waals surface area contributed by atoms with E-state index >= 15 is 0 Å². The van der Waals surface area contributed by atoms with E-state index in [4.69, 9.17) is 4.55 Å². The molecule has 0 bridgehead atoms. The summed E-state index contributed by atoms with van der Waals surface area (Å²) in [6, 6.07) is 0. The molecule has 1 N–H and O–H groups in total. The van der Waals surface area contributed by atoms with Gasteiger partial charge in [0, 0.05) is 11.7 Å². The first-order chi connectivity index (χ1) is 9.77. The fourth-order valence-corrected chi connectivity index (χ4v) is 2.57. The van der Waals surface area contributed by atoms with Crippen molar-refractivity contribution in [2.24, 2.45) is 0 Å². The van der Waals surface area contributed by atoms with E-state index in [1.807, 2.05) is 0 Å². The molecule has 0 fully saturated rings. The second kappa shape index (κ2) is 16.7. The quantitative estimate of drug-likeness (QED) is 0.271.